The summed E-state index contributed by atoms with van der Waals surface area (Å²) < 4.78 is 0. The van der Waals surface area contributed by atoms with E-state index in [-0.39, 0.29) is 11.8 Å². The third-order valence-electron chi connectivity index (χ3n) is 2.09. The van der Waals surface area contributed by atoms with Crippen LogP contribution in [0, 0.1) is 6.92 Å². The van der Waals surface area contributed by atoms with Crippen molar-refractivity contribution < 1.29 is 4.79 Å². The molecular weight excluding hydrogens is 242 g/mol. The first-order chi connectivity index (χ1) is 8.06. The first-order valence-electron chi connectivity index (χ1n) is 4.81. The highest BCUT2D eigenvalue weighted by atomic mass is 35.5. The lowest BCUT2D eigenvalue weighted by Crippen LogP contribution is -2.14. The van der Waals surface area contributed by atoms with Crippen LogP contribution < -0.4 is 11.1 Å². The van der Waals surface area contributed by atoms with Gasteiger partial charge in [0.15, 0.2) is 0 Å². The second-order valence-corrected chi connectivity index (χ2v) is 3.89. The number of amides is 1. The lowest BCUT2D eigenvalue weighted by atomic mass is 10.2. The molecule has 1 aromatic heterocycles. The van der Waals surface area contributed by atoms with Gasteiger partial charge in [-0.05, 0) is 24.6 Å². The average Bonchev–Trinajstić information content (AvgIpc) is 2.70. The standard InChI is InChI=1S/C10H10ClN5O/c1-5-2-3-6(11)7(4-5)13-9(17)8-14-10(12)16-15-8/h2-4H,1H3,(H,13,17)(H3,12,14,15,16). The van der Waals surface area contributed by atoms with Gasteiger partial charge in [-0.3, -0.25) is 9.89 Å². The van der Waals surface area contributed by atoms with Gasteiger partial charge in [0.2, 0.25) is 11.8 Å². The molecule has 0 fully saturated rings. The number of aromatic amines is 1. The predicted octanol–water partition coefficient (Wildman–Crippen LogP) is 1.60. The van der Waals surface area contributed by atoms with E-state index in [0.717, 1.165) is 5.56 Å². The van der Waals surface area contributed by atoms with Crippen LogP contribution in [-0.2, 0) is 0 Å². The van der Waals surface area contributed by atoms with Gasteiger partial charge in [-0.1, -0.05) is 17.7 Å². The lowest BCUT2D eigenvalue weighted by molar-refractivity contribution is 0.101. The van der Waals surface area contributed by atoms with Crippen molar-refractivity contribution >= 4 is 29.1 Å². The van der Waals surface area contributed by atoms with Gasteiger partial charge >= 0.3 is 0 Å². The van der Waals surface area contributed by atoms with Gasteiger partial charge in [0.05, 0.1) is 10.7 Å². The van der Waals surface area contributed by atoms with E-state index in [1.165, 1.54) is 0 Å². The molecule has 0 unspecified atom stereocenters. The molecule has 1 heterocycles. The molecule has 0 bridgehead atoms. The van der Waals surface area contributed by atoms with Crippen molar-refractivity contribution in [2.24, 2.45) is 0 Å². The molecule has 2 aromatic rings. The van der Waals surface area contributed by atoms with E-state index in [4.69, 9.17) is 17.3 Å². The number of nitrogens with zero attached hydrogens (tertiary/aromatic N) is 2. The van der Waals surface area contributed by atoms with Crippen LogP contribution in [0.25, 0.3) is 0 Å². The van der Waals surface area contributed by atoms with Gasteiger partial charge in [-0.2, -0.15) is 4.98 Å². The highest BCUT2D eigenvalue weighted by Crippen LogP contribution is 2.22. The minimum atomic E-state index is -0.443. The van der Waals surface area contributed by atoms with Crippen LogP contribution in [0.15, 0.2) is 18.2 Å². The molecule has 17 heavy (non-hydrogen) atoms. The first kappa shape index (κ1) is 11.4. The number of nitrogens with one attached hydrogen (secondary N) is 2. The number of halogens is 1. The number of benzene rings is 1. The molecule has 0 saturated carbocycles. The molecule has 1 aromatic carbocycles. The minimum absolute atomic E-state index is 0.0190. The summed E-state index contributed by atoms with van der Waals surface area (Å²) in [5.74, 6) is -0.382. The molecule has 6 nitrogen and oxygen atoms in total. The number of aromatic nitrogens is 3. The molecule has 4 N–H and O–H groups in total. The van der Waals surface area contributed by atoms with E-state index in [9.17, 15) is 4.79 Å². The Morgan fingerprint density at radius 3 is 2.94 bits per heavy atom. The Morgan fingerprint density at radius 2 is 2.29 bits per heavy atom. The Labute approximate surface area is 102 Å². The normalized spacial score (nSPS) is 10.2. The lowest BCUT2D eigenvalue weighted by Gasteiger charge is -2.06. The van der Waals surface area contributed by atoms with E-state index in [1.807, 2.05) is 13.0 Å². The summed E-state index contributed by atoms with van der Waals surface area (Å²) in [7, 11) is 0. The van der Waals surface area contributed by atoms with E-state index >= 15 is 0 Å². The zero-order valence-electron chi connectivity index (χ0n) is 8.99. The number of carbonyl (C=O) groups is 1. The number of nitrogen functional groups attached to an aromatic ring is 1. The monoisotopic (exact) mass is 251 g/mol. The molecule has 0 spiro atoms. The van der Waals surface area contributed by atoms with Crippen molar-refractivity contribution in [2.75, 3.05) is 11.1 Å². The summed E-state index contributed by atoms with van der Waals surface area (Å²) in [6, 6.07) is 5.33. The minimum Gasteiger partial charge on any atom is -0.366 e. The van der Waals surface area contributed by atoms with Crippen molar-refractivity contribution in [3.63, 3.8) is 0 Å². The van der Waals surface area contributed by atoms with Crippen molar-refractivity contribution in [3.05, 3.63) is 34.6 Å². The fourth-order valence-electron chi connectivity index (χ4n) is 1.29. The van der Waals surface area contributed by atoms with Crippen molar-refractivity contribution in [3.8, 4) is 0 Å². The Morgan fingerprint density at radius 1 is 1.53 bits per heavy atom. The van der Waals surface area contributed by atoms with Crippen LogP contribution in [0.4, 0.5) is 11.6 Å². The van der Waals surface area contributed by atoms with Crippen molar-refractivity contribution in [1.82, 2.24) is 15.2 Å². The largest absolute Gasteiger partial charge is 0.366 e. The molecule has 0 aliphatic carbocycles. The predicted molar refractivity (Wildman–Crippen MR) is 64.9 cm³/mol. The number of carbonyl (C=O) groups excluding carboxylic acids is 1. The Balaban J connectivity index is 2.21. The van der Waals surface area contributed by atoms with Gasteiger partial charge in [0, 0.05) is 0 Å². The molecular formula is C10H10ClN5O. The number of anilines is 2. The summed E-state index contributed by atoms with van der Waals surface area (Å²) in [6.45, 7) is 1.90. The molecule has 88 valence electrons. The molecule has 0 aliphatic heterocycles. The van der Waals surface area contributed by atoms with Gasteiger partial charge in [0.25, 0.3) is 5.91 Å². The quantitative estimate of drug-likeness (QED) is 0.755. The second-order valence-electron chi connectivity index (χ2n) is 3.48. The third-order valence-corrected chi connectivity index (χ3v) is 2.42. The molecule has 7 heteroatoms. The van der Waals surface area contributed by atoms with E-state index in [2.05, 4.69) is 20.5 Å². The number of aryl methyl sites for hydroxylation is 1. The zero-order chi connectivity index (χ0) is 12.4. The van der Waals surface area contributed by atoms with Crippen LogP contribution in [0.2, 0.25) is 5.02 Å². The maximum atomic E-state index is 11.7. The maximum Gasteiger partial charge on any atom is 0.293 e. The van der Waals surface area contributed by atoms with Crippen LogP contribution in [-0.4, -0.2) is 21.1 Å². The topological polar surface area (TPSA) is 96.7 Å². The second kappa shape index (κ2) is 4.42. The van der Waals surface area contributed by atoms with Crippen molar-refractivity contribution in [2.45, 2.75) is 6.92 Å². The Hall–Kier alpha value is -2.08. The Kier molecular flexibility index (Phi) is 2.97. The number of hydrogen-bond acceptors (Lipinski definition) is 4. The molecule has 0 saturated heterocycles. The number of nitrogens with two attached hydrogens (primary N) is 1. The third kappa shape index (κ3) is 2.54. The van der Waals surface area contributed by atoms with Crippen LogP contribution >= 0.6 is 11.6 Å². The van der Waals surface area contributed by atoms with Gasteiger partial charge in [0.1, 0.15) is 0 Å². The van der Waals surface area contributed by atoms with Crippen molar-refractivity contribution in [1.29, 1.82) is 0 Å². The van der Waals surface area contributed by atoms with E-state index in [1.54, 1.807) is 12.1 Å². The highest BCUT2D eigenvalue weighted by molar-refractivity contribution is 6.33. The van der Waals surface area contributed by atoms with Crippen LogP contribution in [0.3, 0.4) is 0 Å². The van der Waals surface area contributed by atoms with Gasteiger partial charge in [-0.15, -0.1) is 5.10 Å². The summed E-state index contributed by atoms with van der Waals surface area (Å²) in [6.07, 6.45) is 0. The van der Waals surface area contributed by atoms with Crippen LogP contribution in [0.1, 0.15) is 16.2 Å². The van der Waals surface area contributed by atoms with Gasteiger partial charge < -0.3 is 11.1 Å². The molecule has 2 rings (SSSR count). The number of rotatable bonds is 2. The molecule has 1 amide bonds. The molecule has 0 atom stereocenters. The Bertz CT molecular complexity index is 566. The summed E-state index contributed by atoms with van der Waals surface area (Å²) in [4.78, 5) is 15.4. The summed E-state index contributed by atoms with van der Waals surface area (Å²) in [5.41, 5.74) is 6.81. The first-order valence-corrected chi connectivity index (χ1v) is 5.19. The number of hydrogen-bond donors (Lipinski definition) is 3. The number of H-pyrrole nitrogens is 1. The maximum absolute atomic E-state index is 11.7. The molecule has 0 radical (unpaired) electrons. The fourth-order valence-corrected chi connectivity index (χ4v) is 1.46. The SMILES string of the molecule is Cc1ccc(Cl)c(NC(=O)c2nc(N)n[nH]2)c1. The highest BCUT2D eigenvalue weighted by Gasteiger charge is 2.12. The average molecular weight is 252 g/mol. The molecule has 0 aliphatic rings. The fraction of sp³-hybridized carbons (Fsp3) is 0.100. The summed E-state index contributed by atoms with van der Waals surface area (Å²) >= 11 is 5.95. The van der Waals surface area contributed by atoms with E-state index in [0.29, 0.717) is 10.7 Å². The smallest absolute Gasteiger partial charge is 0.293 e. The van der Waals surface area contributed by atoms with Crippen LogP contribution in [0.5, 0.6) is 0 Å². The van der Waals surface area contributed by atoms with E-state index < -0.39 is 5.91 Å². The zero-order valence-corrected chi connectivity index (χ0v) is 9.75. The van der Waals surface area contributed by atoms with Gasteiger partial charge in [-0.25, -0.2) is 0 Å². The summed E-state index contributed by atoms with van der Waals surface area (Å²) in [5, 5.41) is 9.06.